The molecule has 0 aliphatic carbocycles. The Morgan fingerprint density at radius 1 is 1.33 bits per heavy atom. The number of ether oxygens (including phenoxy) is 1. The smallest absolute Gasteiger partial charge is 0.259 e. The Balaban J connectivity index is 1.79. The fourth-order valence-electron chi connectivity index (χ4n) is 2.56. The Kier molecular flexibility index (Phi) is 3.70. The number of nitrogens with zero attached hydrogens (tertiary/aromatic N) is 3. The van der Waals surface area contributed by atoms with E-state index in [1.807, 2.05) is 12.1 Å². The topological polar surface area (TPSA) is 68.5 Å². The molecule has 0 unspecified atom stereocenters. The first-order valence-corrected chi connectivity index (χ1v) is 6.90. The summed E-state index contributed by atoms with van der Waals surface area (Å²) in [5.74, 6) is 0.512. The summed E-state index contributed by atoms with van der Waals surface area (Å²) in [4.78, 5) is 18.4. The lowest BCUT2D eigenvalue weighted by atomic mass is 10.1. The van der Waals surface area contributed by atoms with E-state index in [9.17, 15) is 4.79 Å². The predicted molar refractivity (Wildman–Crippen MR) is 74.8 cm³/mol. The number of amides is 1. The highest BCUT2D eigenvalue weighted by Gasteiger charge is 2.29. The second-order valence-electron chi connectivity index (χ2n) is 5.09. The van der Waals surface area contributed by atoms with Crippen LogP contribution >= 0.6 is 0 Å². The second-order valence-corrected chi connectivity index (χ2v) is 5.09. The maximum Gasteiger partial charge on any atom is 0.259 e. The van der Waals surface area contributed by atoms with Gasteiger partial charge in [-0.05, 0) is 31.5 Å². The van der Waals surface area contributed by atoms with E-state index in [0.717, 1.165) is 5.56 Å². The molecule has 6 heteroatoms. The van der Waals surface area contributed by atoms with Crippen molar-refractivity contribution in [2.75, 3.05) is 19.7 Å². The van der Waals surface area contributed by atoms with Crippen LogP contribution in [-0.2, 0) is 4.74 Å². The number of carbonyl (C=O) groups excluding carboxylic acids is 1. The highest BCUT2D eigenvalue weighted by Crippen LogP contribution is 2.24. The van der Waals surface area contributed by atoms with Gasteiger partial charge < -0.3 is 14.2 Å². The third-order valence-corrected chi connectivity index (χ3v) is 3.68. The Morgan fingerprint density at radius 2 is 2.10 bits per heavy atom. The molecule has 2 aromatic rings. The van der Waals surface area contributed by atoms with E-state index in [4.69, 9.17) is 9.26 Å². The molecule has 2 aromatic heterocycles. The number of carbonyl (C=O) groups is 1. The van der Waals surface area contributed by atoms with Gasteiger partial charge in [0.15, 0.2) is 0 Å². The summed E-state index contributed by atoms with van der Waals surface area (Å²) in [5.41, 5.74) is 2.22. The van der Waals surface area contributed by atoms with Crippen molar-refractivity contribution in [3.8, 4) is 0 Å². The molecule has 1 aliphatic heterocycles. The van der Waals surface area contributed by atoms with Gasteiger partial charge in [0.2, 0.25) is 0 Å². The molecule has 0 N–H and O–H groups in total. The van der Waals surface area contributed by atoms with Crippen LogP contribution in [0.3, 0.4) is 0 Å². The second kappa shape index (κ2) is 5.65. The van der Waals surface area contributed by atoms with Gasteiger partial charge in [-0.1, -0.05) is 5.16 Å². The van der Waals surface area contributed by atoms with Gasteiger partial charge in [-0.15, -0.1) is 0 Å². The number of morpholine rings is 1. The maximum atomic E-state index is 12.6. The van der Waals surface area contributed by atoms with Gasteiger partial charge in [-0.2, -0.15) is 0 Å². The van der Waals surface area contributed by atoms with Crippen LogP contribution in [-0.4, -0.2) is 40.6 Å². The molecular formula is C15H17N3O3. The average molecular weight is 287 g/mol. The van der Waals surface area contributed by atoms with Crippen LogP contribution in [0.4, 0.5) is 0 Å². The van der Waals surface area contributed by atoms with Crippen LogP contribution in [0.2, 0.25) is 0 Å². The normalized spacial score (nSPS) is 18.8. The van der Waals surface area contributed by atoms with Crippen molar-refractivity contribution in [3.05, 3.63) is 47.1 Å². The Labute approximate surface area is 122 Å². The molecule has 6 nitrogen and oxygen atoms in total. The summed E-state index contributed by atoms with van der Waals surface area (Å²) < 4.78 is 10.8. The van der Waals surface area contributed by atoms with Gasteiger partial charge in [0, 0.05) is 18.9 Å². The molecule has 0 saturated carbocycles. The van der Waals surface area contributed by atoms with Crippen LogP contribution in [0.15, 0.2) is 29.0 Å². The van der Waals surface area contributed by atoms with E-state index in [1.54, 1.807) is 31.1 Å². The van der Waals surface area contributed by atoms with Crippen molar-refractivity contribution in [3.63, 3.8) is 0 Å². The molecule has 21 heavy (non-hydrogen) atoms. The zero-order valence-electron chi connectivity index (χ0n) is 12.1. The Morgan fingerprint density at radius 3 is 2.76 bits per heavy atom. The SMILES string of the molecule is Cc1noc(C)c1C(=O)N1CCO[C@@H](c2ccncc2)C1. The zero-order valence-corrected chi connectivity index (χ0v) is 12.1. The lowest BCUT2D eigenvalue weighted by molar-refractivity contribution is -0.0229. The molecule has 110 valence electrons. The van der Waals surface area contributed by atoms with Gasteiger partial charge in [-0.25, -0.2) is 0 Å². The molecule has 0 aromatic carbocycles. The molecule has 1 fully saturated rings. The van der Waals surface area contributed by atoms with Crippen LogP contribution in [0.5, 0.6) is 0 Å². The number of aryl methyl sites for hydroxylation is 2. The van der Waals surface area contributed by atoms with E-state index in [-0.39, 0.29) is 12.0 Å². The minimum atomic E-state index is -0.119. The number of hydrogen-bond donors (Lipinski definition) is 0. The molecule has 3 rings (SSSR count). The number of hydrogen-bond acceptors (Lipinski definition) is 5. The number of pyridine rings is 1. The summed E-state index contributed by atoms with van der Waals surface area (Å²) in [6.07, 6.45) is 3.34. The third-order valence-electron chi connectivity index (χ3n) is 3.68. The molecule has 1 saturated heterocycles. The van der Waals surface area contributed by atoms with E-state index in [1.165, 1.54) is 0 Å². The van der Waals surface area contributed by atoms with Crippen molar-refractivity contribution in [2.24, 2.45) is 0 Å². The minimum Gasteiger partial charge on any atom is -0.370 e. The van der Waals surface area contributed by atoms with E-state index >= 15 is 0 Å². The minimum absolute atomic E-state index is 0.0476. The van der Waals surface area contributed by atoms with Gasteiger partial charge >= 0.3 is 0 Å². The summed E-state index contributed by atoms with van der Waals surface area (Å²) in [6, 6.07) is 3.82. The fraction of sp³-hybridized carbons (Fsp3) is 0.400. The van der Waals surface area contributed by atoms with E-state index < -0.39 is 0 Å². The van der Waals surface area contributed by atoms with Crippen molar-refractivity contribution >= 4 is 5.91 Å². The quantitative estimate of drug-likeness (QED) is 0.844. The predicted octanol–water partition coefficient (Wildman–Crippen LogP) is 1.90. The van der Waals surface area contributed by atoms with Crippen molar-refractivity contribution < 1.29 is 14.1 Å². The highest BCUT2D eigenvalue weighted by molar-refractivity contribution is 5.96. The summed E-state index contributed by atoms with van der Waals surface area (Å²) in [6.45, 7) is 5.15. The lowest BCUT2D eigenvalue weighted by Crippen LogP contribution is -2.42. The first-order chi connectivity index (χ1) is 10.2. The van der Waals surface area contributed by atoms with Crippen molar-refractivity contribution in [1.29, 1.82) is 0 Å². The molecule has 3 heterocycles. The molecule has 0 radical (unpaired) electrons. The lowest BCUT2D eigenvalue weighted by Gasteiger charge is -2.33. The van der Waals surface area contributed by atoms with Gasteiger partial charge in [0.05, 0.1) is 18.8 Å². The molecule has 0 bridgehead atoms. The summed E-state index contributed by atoms with van der Waals surface area (Å²) in [5, 5.41) is 3.85. The Bertz CT molecular complexity index is 619. The highest BCUT2D eigenvalue weighted by atomic mass is 16.5. The molecule has 1 aliphatic rings. The summed E-state index contributed by atoms with van der Waals surface area (Å²) in [7, 11) is 0. The largest absolute Gasteiger partial charge is 0.370 e. The average Bonchev–Trinajstić information content (AvgIpc) is 2.86. The first kappa shape index (κ1) is 13.8. The first-order valence-electron chi connectivity index (χ1n) is 6.90. The van der Waals surface area contributed by atoms with Crippen LogP contribution in [0.1, 0.15) is 33.5 Å². The van der Waals surface area contributed by atoms with Crippen LogP contribution in [0.25, 0.3) is 0 Å². The summed E-state index contributed by atoms with van der Waals surface area (Å²) >= 11 is 0. The van der Waals surface area contributed by atoms with Crippen LogP contribution in [0, 0.1) is 13.8 Å². The van der Waals surface area contributed by atoms with Crippen molar-refractivity contribution in [1.82, 2.24) is 15.0 Å². The van der Waals surface area contributed by atoms with Crippen molar-refractivity contribution in [2.45, 2.75) is 20.0 Å². The van der Waals surface area contributed by atoms with E-state index in [2.05, 4.69) is 10.1 Å². The third kappa shape index (κ3) is 2.67. The fourth-order valence-corrected chi connectivity index (χ4v) is 2.56. The monoisotopic (exact) mass is 287 g/mol. The van der Waals surface area contributed by atoms with Gasteiger partial charge in [-0.3, -0.25) is 9.78 Å². The van der Waals surface area contributed by atoms with Crippen LogP contribution < -0.4 is 0 Å². The molecule has 1 amide bonds. The maximum absolute atomic E-state index is 12.6. The zero-order chi connectivity index (χ0) is 14.8. The standard InChI is InChI=1S/C15H17N3O3/c1-10-14(11(2)21-17-10)15(19)18-7-8-20-13(9-18)12-3-5-16-6-4-12/h3-6,13H,7-9H2,1-2H3/t13-/m1/s1. The molecular weight excluding hydrogens is 270 g/mol. The molecule has 1 atom stereocenters. The Hall–Kier alpha value is -2.21. The number of aromatic nitrogens is 2. The van der Waals surface area contributed by atoms with Gasteiger partial charge in [0.1, 0.15) is 17.4 Å². The van der Waals surface area contributed by atoms with E-state index in [0.29, 0.717) is 36.7 Å². The molecule has 0 spiro atoms. The van der Waals surface area contributed by atoms with Gasteiger partial charge in [0.25, 0.3) is 5.91 Å². The number of rotatable bonds is 2.